The molecule has 152 valence electrons. The molecular formula is C16H20FN4O6P. The minimum atomic E-state index is -4.59. The van der Waals surface area contributed by atoms with Gasteiger partial charge in [0.05, 0.1) is 31.0 Å². The van der Waals surface area contributed by atoms with Crippen molar-refractivity contribution >= 4 is 31.6 Å². The van der Waals surface area contributed by atoms with E-state index in [1.165, 1.54) is 30.3 Å². The number of ether oxygens (including phenoxy) is 1. The van der Waals surface area contributed by atoms with E-state index in [-0.39, 0.29) is 30.2 Å². The zero-order chi connectivity index (χ0) is 20.5. The number of hydrogen-bond acceptors (Lipinski definition) is 6. The average molecular weight is 414 g/mol. The van der Waals surface area contributed by atoms with E-state index in [1.54, 1.807) is 11.0 Å². The van der Waals surface area contributed by atoms with Gasteiger partial charge in [0.15, 0.2) is 0 Å². The molecule has 0 spiro atoms. The lowest BCUT2D eigenvalue weighted by atomic mass is 10.2. The Morgan fingerprint density at radius 1 is 1.50 bits per heavy atom. The third kappa shape index (κ3) is 4.27. The average Bonchev–Trinajstić information content (AvgIpc) is 2.99. The Morgan fingerprint density at radius 3 is 2.82 bits per heavy atom. The number of benzene rings is 1. The summed E-state index contributed by atoms with van der Waals surface area (Å²) >= 11 is 0. The molecule has 1 aromatic rings. The highest BCUT2D eigenvalue weighted by molar-refractivity contribution is 7.49. The zero-order valence-corrected chi connectivity index (χ0v) is 16.0. The van der Waals surface area contributed by atoms with Gasteiger partial charge in [0.2, 0.25) is 0 Å². The number of amides is 1. The molecule has 1 saturated heterocycles. The quantitative estimate of drug-likeness (QED) is 0.678. The maximum Gasteiger partial charge on any atom is 0.429 e. The Labute approximate surface area is 160 Å². The van der Waals surface area contributed by atoms with E-state index in [2.05, 4.69) is 11.7 Å². The fourth-order valence-electron chi connectivity index (χ4n) is 2.92. The topological polar surface area (TPSA) is 115 Å². The lowest BCUT2D eigenvalue weighted by Crippen LogP contribution is -2.32. The molecule has 3 rings (SSSR count). The highest BCUT2D eigenvalue weighted by Gasteiger charge is 2.37. The van der Waals surface area contributed by atoms with E-state index in [0.29, 0.717) is 13.2 Å². The van der Waals surface area contributed by atoms with Gasteiger partial charge in [0.25, 0.3) is 0 Å². The van der Waals surface area contributed by atoms with Crippen LogP contribution in [-0.2, 0) is 14.1 Å². The number of cyclic esters (lactones) is 1. The molecule has 0 bridgehead atoms. The van der Waals surface area contributed by atoms with Crippen LogP contribution >= 0.6 is 7.75 Å². The third-order valence-corrected chi connectivity index (χ3v) is 5.38. The second-order valence-electron chi connectivity index (χ2n) is 6.33. The molecule has 2 N–H and O–H groups in total. The summed E-state index contributed by atoms with van der Waals surface area (Å²) in [7, 11) is -4.59. The number of carbonyl (C=O) groups is 1. The summed E-state index contributed by atoms with van der Waals surface area (Å²) < 4.78 is 32.1. The Balaban J connectivity index is 1.74. The van der Waals surface area contributed by atoms with Gasteiger partial charge in [-0.2, -0.15) is 0 Å². The Hall–Kier alpha value is -2.62. The standard InChI is InChI=1S/C16H20FN4O6P/c1-11(2)21(28(23,24)25)9-13-8-20(16(22)27-13)12-3-4-15(14(17)7-12)19-5-6-26-18-10-19/h3-4,7,10,13H,1,5-6,8-9H2,2H3,(H2,23,24,25)/t13-/m1/s1. The van der Waals surface area contributed by atoms with Crippen LogP contribution in [0.15, 0.2) is 35.6 Å². The van der Waals surface area contributed by atoms with Gasteiger partial charge < -0.3 is 24.3 Å². The molecule has 0 aliphatic carbocycles. The molecule has 0 unspecified atom stereocenters. The molecule has 28 heavy (non-hydrogen) atoms. The predicted octanol–water partition coefficient (Wildman–Crippen LogP) is 1.86. The molecule has 10 nitrogen and oxygen atoms in total. The van der Waals surface area contributed by atoms with Crippen molar-refractivity contribution in [1.29, 1.82) is 0 Å². The first kappa shape index (κ1) is 20.1. The maximum absolute atomic E-state index is 14.5. The maximum atomic E-state index is 14.5. The summed E-state index contributed by atoms with van der Waals surface area (Å²) in [5, 5.41) is 3.63. The molecule has 1 amide bonds. The summed E-state index contributed by atoms with van der Waals surface area (Å²) in [5.74, 6) is -0.555. The fraction of sp³-hybridized carbons (Fsp3) is 0.375. The summed E-state index contributed by atoms with van der Waals surface area (Å²) in [4.78, 5) is 38.6. The zero-order valence-electron chi connectivity index (χ0n) is 15.1. The van der Waals surface area contributed by atoms with E-state index in [4.69, 9.17) is 9.57 Å². The van der Waals surface area contributed by atoms with Crippen LogP contribution in [-0.4, -0.2) is 59.2 Å². The molecule has 0 aromatic heterocycles. The van der Waals surface area contributed by atoms with Crippen molar-refractivity contribution < 1.29 is 33.1 Å². The molecule has 0 saturated carbocycles. The summed E-state index contributed by atoms with van der Waals surface area (Å²) in [5.41, 5.74) is 0.706. The molecule has 2 aliphatic heterocycles. The lowest BCUT2D eigenvalue weighted by molar-refractivity contribution is 0.127. The Bertz CT molecular complexity index is 860. The molecule has 1 aromatic carbocycles. The van der Waals surface area contributed by atoms with Crippen molar-refractivity contribution in [3.63, 3.8) is 0 Å². The van der Waals surface area contributed by atoms with Crippen molar-refractivity contribution in [3.05, 3.63) is 36.3 Å². The molecule has 0 radical (unpaired) electrons. The van der Waals surface area contributed by atoms with Crippen LogP contribution in [0.3, 0.4) is 0 Å². The van der Waals surface area contributed by atoms with Gasteiger partial charge in [-0.05, 0) is 25.1 Å². The largest absolute Gasteiger partial charge is 0.442 e. The highest BCUT2D eigenvalue weighted by Crippen LogP contribution is 2.43. The first-order valence-corrected chi connectivity index (χ1v) is 9.92. The van der Waals surface area contributed by atoms with Gasteiger partial charge in [-0.1, -0.05) is 11.7 Å². The first-order valence-electron chi connectivity index (χ1n) is 8.35. The van der Waals surface area contributed by atoms with Crippen LogP contribution in [0.2, 0.25) is 0 Å². The smallest absolute Gasteiger partial charge is 0.429 e. The van der Waals surface area contributed by atoms with Gasteiger partial charge in [-0.25, -0.2) is 13.8 Å². The van der Waals surface area contributed by atoms with Crippen molar-refractivity contribution in [3.8, 4) is 0 Å². The number of hydrogen-bond donors (Lipinski definition) is 2. The molecular weight excluding hydrogens is 394 g/mol. The monoisotopic (exact) mass is 414 g/mol. The van der Waals surface area contributed by atoms with Crippen LogP contribution in [0.5, 0.6) is 0 Å². The highest BCUT2D eigenvalue weighted by atomic mass is 31.2. The number of rotatable bonds is 6. The van der Waals surface area contributed by atoms with E-state index in [9.17, 15) is 23.5 Å². The van der Waals surface area contributed by atoms with Gasteiger partial charge in [-0.15, -0.1) is 0 Å². The normalized spacial score (nSPS) is 19.4. The van der Waals surface area contributed by atoms with E-state index in [0.717, 1.165) is 4.67 Å². The van der Waals surface area contributed by atoms with Crippen LogP contribution in [0.1, 0.15) is 6.92 Å². The molecule has 1 fully saturated rings. The molecule has 1 atom stereocenters. The van der Waals surface area contributed by atoms with Gasteiger partial charge in [-0.3, -0.25) is 9.57 Å². The Morgan fingerprint density at radius 2 is 2.25 bits per heavy atom. The third-order valence-electron chi connectivity index (χ3n) is 4.24. The van der Waals surface area contributed by atoms with E-state index in [1.807, 2.05) is 0 Å². The number of halogens is 1. The predicted molar refractivity (Wildman–Crippen MR) is 99.4 cm³/mol. The second kappa shape index (κ2) is 7.78. The van der Waals surface area contributed by atoms with E-state index >= 15 is 0 Å². The van der Waals surface area contributed by atoms with Crippen molar-refractivity contribution in [1.82, 2.24) is 4.67 Å². The number of nitrogens with zero attached hydrogens (tertiary/aromatic N) is 4. The van der Waals surface area contributed by atoms with Crippen molar-refractivity contribution in [2.24, 2.45) is 5.16 Å². The van der Waals surface area contributed by atoms with Gasteiger partial charge >= 0.3 is 13.8 Å². The van der Waals surface area contributed by atoms with Crippen molar-refractivity contribution in [2.45, 2.75) is 13.0 Å². The van der Waals surface area contributed by atoms with Gasteiger partial charge in [0.1, 0.15) is 24.9 Å². The number of oxime groups is 1. The fourth-order valence-corrected chi connectivity index (χ4v) is 3.76. The number of carbonyl (C=O) groups excluding carboxylic acids is 1. The lowest BCUT2D eigenvalue weighted by Gasteiger charge is -2.27. The van der Waals surface area contributed by atoms with Crippen molar-refractivity contribution in [2.75, 3.05) is 36.0 Å². The summed E-state index contributed by atoms with van der Waals surface area (Å²) in [6.45, 7) is 5.52. The molecule has 2 heterocycles. The van der Waals surface area contributed by atoms with Crippen LogP contribution < -0.4 is 9.80 Å². The first-order chi connectivity index (χ1) is 13.2. The van der Waals surface area contributed by atoms with E-state index < -0.39 is 25.8 Å². The van der Waals surface area contributed by atoms with Crippen LogP contribution in [0, 0.1) is 5.82 Å². The number of allylic oxidation sites excluding steroid dienone is 1. The number of anilines is 2. The summed E-state index contributed by atoms with van der Waals surface area (Å²) in [6.07, 6.45) is -0.167. The SMILES string of the molecule is C=C(C)N(C[C@H]1CN(c2ccc(N3C=NOCC3)c(F)c2)C(=O)O1)P(=O)(O)O. The molecule has 12 heteroatoms. The van der Waals surface area contributed by atoms with Crippen LogP contribution in [0.25, 0.3) is 0 Å². The second-order valence-corrected chi connectivity index (χ2v) is 7.84. The minimum absolute atomic E-state index is 0.0143. The van der Waals surface area contributed by atoms with Crippen LogP contribution in [0.4, 0.5) is 20.6 Å². The van der Waals surface area contributed by atoms with Gasteiger partial charge in [0, 0.05) is 5.70 Å². The molecule has 2 aliphatic rings. The Kier molecular flexibility index (Phi) is 5.59. The summed E-state index contributed by atoms with van der Waals surface area (Å²) in [6, 6.07) is 4.27. The minimum Gasteiger partial charge on any atom is -0.442 e.